The zero-order chi connectivity index (χ0) is 14.0. The monoisotopic (exact) mass is 281 g/mol. The van der Waals surface area contributed by atoms with Gasteiger partial charge >= 0.3 is 5.97 Å². The molecule has 0 bridgehead atoms. The highest BCUT2D eigenvalue weighted by Gasteiger charge is 2.35. The summed E-state index contributed by atoms with van der Waals surface area (Å²) in [7, 11) is 0. The summed E-state index contributed by atoms with van der Waals surface area (Å²) < 4.78 is 0. The lowest BCUT2D eigenvalue weighted by Gasteiger charge is -2.24. The summed E-state index contributed by atoms with van der Waals surface area (Å²) in [6, 6.07) is 2.21. The fourth-order valence-corrected chi connectivity index (χ4v) is 3.04. The van der Waals surface area contributed by atoms with Gasteiger partial charge in [-0.2, -0.15) is 0 Å². The molecule has 1 saturated carbocycles. The first-order chi connectivity index (χ1) is 9.04. The fourth-order valence-electron chi connectivity index (χ4n) is 2.09. The van der Waals surface area contributed by atoms with Gasteiger partial charge in [0.25, 0.3) is 5.91 Å². The van der Waals surface area contributed by atoms with E-state index in [1.54, 1.807) is 11.8 Å². The summed E-state index contributed by atoms with van der Waals surface area (Å²) in [5.74, 6) is -1.36. The molecular formula is C14H19NO3S. The van der Waals surface area contributed by atoms with Crippen LogP contribution >= 0.6 is 11.3 Å². The Bertz CT molecular complexity index is 479. The number of rotatable bonds is 6. The van der Waals surface area contributed by atoms with E-state index in [0.29, 0.717) is 6.54 Å². The van der Waals surface area contributed by atoms with Gasteiger partial charge in [-0.05, 0) is 36.3 Å². The van der Waals surface area contributed by atoms with Crippen molar-refractivity contribution in [1.29, 1.82) is 0 Å². The molecule has 1 heterocycles. The maximum atomic E-state index is 12.6. The lowest BCUT2D eigenvalue weighted by Crippen LogP contribution is -2.38. The lowest BCUT2D eigenvalue weighted by atomic mass is 10.1. The van der Waals surface area contributed by atoms with Gasteiger partial charge < -0.3 is 10.0 Å². The predicted octanol–water partition coefficient (Wildman–Crippen LogP) is 2.64. The summed E-state index contributed by atoms with van der Waals surface area (Å²) >= 11 is 1.45. The highest BCUT2D eigenvalue weighted by Crippen LogP contribution is 2.31. The maximum Gasteiger partial charge on any atom is 0.308 e. The van der Waals surface area contributed by atoms with E-state index >= 15 is 0 Å². The smallest absolute Gasteiger partial charge is 0.308 e. The number of aryl methyl sites for hydroxylation is 1. The first-order valence-corrected chi connectivity index (χ1v) is 7.52. The molecule has 19 heavy (non-hydrogen) atoms. The van der Waals surface area contributed by atoms with Crippen molar-refractivity contribution in [3.63, 3.8) is 0 Å². The fraction of sp³-hybridized carbons (Fsp3) is 0.571. The van der Waals surface area contributed by atoms with Crippen molar-refractivity contribution in [1.82, 2.24) is 4.90 Å². The molecular weight excluding hydrogens is 262 g/mol. The van der Waals surface area contributed by atoms with Gasteiger partial charge in [0, 0.05) is 12.6 Å². The van der Waals surface area contributed by atoms with Crippen LogP contribution in [0.3, 0.4) is 0 Å². The van der Waals surface area contributed by atoms with Gasteiger partial charge in [0.2, 0.25) is 0 Å². The van der Waals surface area contributed by atoms with Crippen molar-refractivity contribution in [2.24, 2.45) is 5.92 Å². The van der Waals surface area contributed by atoms with Crippen LogP contribution in [0.25, 0.3) is 0 Å². The third kappa shape index (κ3) is 3.15. The van der Waals surface area contributed by atoms with Crippen LogP contribution in [0.15, 0.2) is 11.4 Å². The van der Waals surface area contributed by atoms with E-state index in [1.807, 2.05) is 18.4 Å². The van der Waals surface area contributed by atoms with E-state index in [4.69, 9.17) is 5.11 Å². The second kappa shape index (κ2) is 5.74. The highest BCUT2D eigenvalue weighted by molar-refractivity contribution is 7.12. The van der Waals surface area contributed by atoms with E-state index in [1.165, 1.54) is 11.3 Å². The minimum atomic E-state index is -0.847. The maximum absolute atomic E-state index is 12.6. The van der Waals surface area contributed by atoms with E-state index in [9.17, 15) is 9.59 Å². The van der Waals surface area contributed by atoms with Gasteiger partial charge in [-0.3, -0.25) is 9.59 Å². The number of carboxylic acids is 1. The van der Waals surface area contributed by atoms with Gasteiger partial charge in [0.1, 0.15) is 0 Å². The number of nitrogens with zero attached hydrogens (tertiary/aromatic N) is 1. The summed E-state index contributed by atoms with van der Waals surface area (Å²) in [4.78, 5) is 26.1. The quantitative estimate of drug-likeness (QED) is 0.872. The average molecular weight is 281 g/mol. The van der Waals surface area contributed by atoms with Crippen molar-refractivity contribution in [2.75, 3.05) is 6.54 Å². The number of carbonyl (C=O) groups excluding carboxylic acids is 1. The van der Waals surface area contributed by atoms with E-state index in [0.717, 1.165) is 29.7 Å². The molecule has 1 aliphatic rings. The van der Waals surface area contributed by atoms with Gasteiger partial charge in [-0.25, -0.2) is 0 Å². The van der Waals surface area contributed by atoms with Crippen LogP contribution in [-0.2, 0) is 11.2 Å². The average Bonchev–Trinajstić information content (AvgIpc) is 3.11. The standard InChI is InChI=1S/C14H19NO3S/c1-3-10-6-7-19-12(10)13(16)15(11-4-5-11)8-9(2)14(17)18/h6-7,9,11H,3-5,8H2,1-2H3,(H,17,18)/t9-/m1/s1. The summed E-state index contributed by atoms with van der Waals surface area (Å²) in [6.07, 6.45) is 2.81. The molecule has 0 unspecified atom stereocenters. The molecule has 1 amide bonds. The molecule has 0 spiro atoms. The van der Waals surface area contributed by atoms with Crippen molar-refractivity contribution in [3.05, 3.63) is 21.9 Å². The molecule has 0 aliphatic heterocycles. The summed E-state index contributed by atoms with van der Waals surface area (Å²) in [5.41, 5.74) is 1.06. The molecule has 1 atom stereocenters. The Morgan fingerprint density at radius 1 is 1.53 bits per heavy atom. The molecule has 1 aromatic rings. The number of amides is 1. The zero-order valence-electron chi connectivity index (χ0n) is 11.3. The first-order valence-electron chi connectivity index (χ1n) is 6.64. The Hall–Kier alpha value is -1.36. The highest BCUT2D eigenvalue weighted by atomic mass is 32.1. The van der Waals surface area contributed by atoms with Crippen molar-refractivity contribution >= 4 is 23.2 Å². The van der Waals surface area contributed by atoms with Crippen LogP contribution in [0.4, 0.5) is 0 Å². The van der Waals surface area contributed by atoms with Crippen LogP contribution in [0, 0.1) is 5.92 Å². The van der Waals surface area contributed by atoms with E-state index in [2.05, 4.69) is 0 Å². The normalized spacial score (nSPS) is 16.1. The topological polar surface area (TPSA) is 57.6 Å². The van der Waals surface area contributed by atoms with Gasteiger partial charge in [-0.15, -0.1) is 11.3 Å². The van der Waals surface area contributed by atoms with Gasteiger partial charge in [0.15, 0.2) is 0 Å². The predicted molar refractivity (Wildman–Crippen MR) is 74.6 cm³/mol. The molecule has 1 aromatic heterocycles. The number of carbonyl (C=O) groups is 2. The second-order valence-electron chi connectivity index (χ2n) is 5.06. The molecule has 0 radical (unpaired) electrons. The summed E-state index contributed by atoms with van der Waals surface area (Å²) in [6.45, 7) is 3.99. The molecule has 0 aromatic carbocycles. The molecule has 2 rings (SSSR count). The Labute approximate surface area is 117 Å². The SMILES string of the molecule is CCc1ccsc1C(=O)N(C[C@@H](C)C(=O)O)C1CC1. The molecule has 5 heteroatoms. The second-order valence-corrected chi connectivity index (χ2v) is 5.97. The molecule has 104 valence electrons. The van der Waals surface area contributed by atoms with Crippen molar-refractivity contribution < 1.29 is 14.7 Å². The molecule has 4 nitrogen and oxygen atoms in total. The minimum Gasteiger partial charge on any atom is -0.481 e. The largest absolute Gasteiger partial charge is 0.481 e. The van der Waals surface area contributed by atoms with Crippen LogP contribution in [-0.4, -0.2) is 34.5 Å². The lowest BCUT2D eigenvalue weighted by molar-refractivity contribution is -0.141. The third-order valence-corrected chi connectivity index (χ3v) is 4.41. The van der Waals surface area contributed by atoms with E-state index < -0.39 is 11.9 Å². The number of hydrogen-bond donors (Lipinski definition) is 1. The Morgan fingerprint density at radius 3 is 2.74 bits per heavy atom. The number of hydrogen-bond acceptors (Lipinski definition) is 3. The van der Waals surface area contributed by atoms with Crippen LogP contribution in [0.1, 0.15) is 41.9 Å². The van der Waals surface area contributed by atoms with Crippen LogP contribution < -0.4 is 0 Å². The molecule has 1 N–H and O–H groups in total. The van der Waals surface area contributed by atoms with Crippen LogP contribution in [0.2, 0.25) is 0 Å². The Morgan fingerprint density at radius 2 is 2.21 bits per heavy atom. The zero-order valence-corrected chi connectivity index (χ0v) is 12.1. The minimum absolute atomic E-state index is 0.00227. The first kappa shape index (κ1) is 14.1. The number of carboxylic acid groups (broad SMARTS) is 1. The Balaban J connectivity index is 2.15. The van der Waals surface area contributed by atoms with Crippen molar-refractivity contribution in [2.45, 2.75) is 39.2 Å². The third-order valence-electron chi connectivity index (χ3n) is 3.46. The van der Waals surface area contributed by atoms with Crippen molar-refractivity contribution in [3.8, 4) is 0 Å². The van der Waals surface area contributed by atoms with E-state index in [-0.39, 0.29) is 11.9 Å². The molecule has 1 fully saturated rings. The molecule has 0 saturated heterocycles. The summed E-state index contributed by atoms with van der Waals surface area (Å²) in [5, 5.41) is 10.9. The number of thiophene rings is 1. The Kier molecular flexibility index (Phi) is 4.24. The number of aliphatic carboxylic acids is 1. The van der Waals surface area contributed by atoms with Crippen LogP contribution in [0.5, 0.6) is 0 Å². The molecule has 1 aliphatic carbocycles. The van der Waals surface area contributed by atoms with Gasteiger partial charge in [-0.1, -0.05) is 13.8 Å². The van der Waals surface area contributed by atoms with Gasteiger partial charge in [0.05, 0.1) is 10.8 Å².